The van der Waals surface area contributed by atoms with Gasteiger partial charge in [-0.3, -0.25) is 4.79 Å². The normalized spacial score (nSPS) is 18.1. The van der Waals surface area contributed by atoms with E-state index in [4.69, 9.17) is 5.73 Å². The molecule has 1 atom stereocenters. The second kappa shape index (κ2) is 5.21. The first-order valence-corrected chi connectivity index (χ1v) is 6.80. The van der Waals surface area contributed by atoms with Gasteiger partial charge in [-0.2, -0.15) is 0 Å². The number of amides is 1. The van der Waals surface area contributed by atoms with E-state index in [0.29, 0.717) is 5.92 Å². The average molecular weight is 261 g/mol. The molecule has 104 valence electrons. The number of nitrogens with two attached hydrogens (primary N) is 1. The van der Waals surface area contributed by atoms with Crippen molar-refractivity contribution in [3.05, 3.63) is 23.8 Å². The van der Waals surface area contributed by atoms with Gasteiger partial charge in [0.05, 0.1) is 5.69 Å². The minimum Gasteiger partial charge on any atom is -0.375 e. The van der Waals surface area contributed by atoms with Crippen LogP contribution in [0.4, 0.5) is 11.4 Å². The molecule has 2 rings (SSSR count). The summed E-state index contributed by atoms with van der Waals surface area (Å²) in [5.41, 5.74) is 8.89. The highest BCUT2D eigenvalue weighted by Gasteiger charge is 2.32. The van der Waals surface area contributed by atoms with Crippen molar-refractivity contribution < 1.29 is 4.79 Å². The molecular weight excluding hydrogens is 238 g/mol. The standard InChI is InChI=1S/C15H23N3O/c1-10(2)7-8-17(3)11-5-6-12-13(9-11)18(4)15(19)14(12)16/h5-6,9-10,14H,7-8,16H2,1-4H3. The largest absolute Gasteiger partial charge is 0.375 e. The summed E-state index contributed by atoms with van der Waals surface area (Å²) in [5.74, 6) is 0.659. The smallest absolute Gasteiger partial charge is 0.248 e. The number of carbonyl (C=O) groups excluding carboxylic acids is 1. The molecule has 0 spiro atoms. The molecule has 1 aromatic carbocycles. The minimum absolute atomic E-state index is 0.0306. The second-order valence-corrected chi connectivity index (χ2v) is 5.72. The Hall–Kier alpha value is -1.55. The number of hydrogen-bond donors (Lipinski definition) is 1. The molecule has 19 heavy (non-hydrogen) atoms. The van der Waals surface area contributed by atoms with E-state index < -0.39 is 6.04 Å². The molecular formula is C15H23N3O. The molecule has 4 nitrogen and oxygen atoms in total. The Bertz CT molecular complexity index is 484. The summed E-state index contributed by atoms with van der Waals surface area (Å²) < 4.78 is 0. The van der Waals surface area contributed by atoms with Crippen molar-refractivity contribution >= 4 is 17.3 Å². The molecule has 0 saturated carbocycles. The molecule has 1 aromatic rings. The maximum Gasteiger partial charge on any atom is 0.248 e. The Labute approximate surface area is 115 Å². The van der Waals surface area contributed by atoms with Crippen LogP contribution in [0.25, 0.3) is 0 Å². The third kappa shape index (κ3) is 2.59. The molecule has 0 saturated heterocycles. The average Bonchev–Trinajstić information content (AvgIpc) is 2.61. The van der Waals surface area contributed by atoms with Crippen molar-refractivity contribution in [1.29, 1.82) is 0 Å². The third-order valence-corrected chi connectivity index (χ3v) is 3.79. The van der Waals surface area contributed by atoms with Gasteiger partial charge in [-0.15, -0.1) is 0 Å². The Balaban J connectivity index is 2.20. The summed E-state index contributed by atoms with van der Waals surface area (Å²) in [6, 6.07) is 5.57. The summed E-state index contributed by atoms with van der Waals surface area (Å²) in [4.78, 5) is 15.7. The van der Waals surface area contributed by atoms with Crippen LogP contribution >= 0.6 is 0 Å². The van der Waals surface area contributed by atoms with Crippen LogP contribution in [0.15, 0.2) is 18.2 Å². The zero-order chi connectivity index (χ0) is 14.2. The predicted octanol–water partition coefficient (Wildman–Crippen LogP) is 2.15. The molecule has 0 fully saturated rings. The monoisotopic (exact) mass is 261 g/mol. The van der Waals surface area contributed by atoms with Crippen LogP contribution in [-0.4, -0.2) is 26.5 Å². The highest BCUT2D eigenvalue weighted by molar-refractivity contribution is 6.04. The van der Waals surface area contributed by atoms with E-state index in [9.17, 15) is 4.79 Å². The topological polar surface area (TPSA) is 49.6 Å². The fraction of sp³-hybridized carbons (Fsp3) is 0.533. The first kappa shape index (κ1) is 13.9. The van der Waals surface area contributed by atoms with Gasteiger partial charge in [0.15, 0.2) is 0 Å². The van der Waals surface area contributed by atoms with Crippen molar-refractivity contribution in [2.75, 3.05) is 30.4 Å². The third-order valence-electron chi connectivity index (χ3n) is 3.79. The lowest BCUT2D eigenvalue weighted by Crippen LogP contribution is -2.27. The first-order valence-electron chi connectivity index (χ1n) is 6.80. The molecule has 0 aromatic heterocycles. The molecule has 4 heteroatoms. The summed E-state index contributed by atoms with van der Waals surface area (Å²) in [6.07, 6.45) is 1.15. The quantitative estimate of drug-likeness (QED) is 0.903. The van der Waals surface area contributed by atoms with Gasteiger partial charge in [0, 0.05) is 31.9 Å². The molecule has 0 bridgehead atoms. The fourth-order valence-corrected chi connectivity index (χ4v) is 2.36. The summed E-state index contributed by atoms with van der Waals surface area (Å²) >= 11 is 0. The zero-order valence-electron chi connectivity index (χ0n) is 12.2. The van der Waals surface area contributed by atoms with Crippen LogP contribution in [0.5, 0.6) is 0 Å². The Kier molecular flexibility index (Phi) is 3.80. The van der Waals surface area contributed by atoms with Crippen LogP contribution in [0.1, 0.15) is 31.9 Å². The van der Waals surface area contributed by atoms with E-state index in [-0.39, 0.29) is 5.91 Å². The van der Waals surface area contributed by atoms with Crippen molar-refractivity contribution in [1.82, 2.24) is 0 Å². The van der Waals surface area contributed by atoms with Gasteiger partial charge in [0.2, 0.25) is 5.91 Å². The van der Waals surface area contributed by atoms with Gasteiger partial charge in [-0.1, -0.05) is 19.9 Å². The van der Waals surface area contributed by atoms with E-state index in [2.05, 4.69) is 31.9 Å². The van der Waals surface area contributed by atoms with Crippen molar-refractivity contribution in [3.8, 4) is 0 Å². The molecule has 1 aliphatic heterocycles. The van der Waals surface area contributed by atoms with Crippen molar-refractivity contribution in [2.24, 2.45) is 11.7 Å². The number of hydrogen-bond acceptors (Lipinski definition) is 3. The number of anilines is 2. The maximum absolute atomic E-state index is 11.8. The fourth-order valence-electron chi connectivity index (χ4n) is 2.36. The van der Waals surface area contributed by atoms with Gasteiger partial charge in [0.1, 0.15) is 6.04 Å². The Morgan fingerprint density at radius 3 is 2.74 bits per heavy atom. The van der Waals surface area contributed by atoms with Crippen LogP contribution < -0.4 is 15.5 Å². The number of fused-ring (bicyclic) bond motifs is 1. The first-order chi connectivity index (χ1) is 8.91. The second-order valence-electron chi connectivity index (χ2n) is 5.72. The summed E-state index contributed by atoms with van der Waals surface area (Å²) in [7, 11) is 3.87. The van der Waals surface area contributed by atoms with Crippen molar-refractivity contribution in [2.45, 2.75) is 26.3 Å². The predicted molar refractivity (Wildman–Crippen MR) is 79.5 cm³/mol. The Morgan fingerprint density at radius 1 is 1.42 bits per heavy atom. The lowest BCUT2D eigenvalue weighted by Gasteiger charge is -2.22. The molecule has 1 aliphatic rings. The van der Waals surface area contributed by atoms with E-state index in [1.54, 1.807) is 11.9 Å². The van der Waals surface area contributed by atoms with Gasteiger partial charge >= 0.3 is 0 Å². The highest BCUT2D eigenvalue weighted by atomic mass is 16.2. The lowest BCUT2D eigenvalue weighted by molar-refractivity contribution is -0.118. The molecule has 1 amide bonds. The maximum atomic E-state index is 11.8. The van der Waals surface area contributed by atoms with Gasteiger partial charge in [0.25, 0.3) is 0 Å². The molecule has 2 N–H and O–H groups in total. The number of rotatable bonds is 4. The van der Waals surface area contributed by atoms with Crippen LogP contribution in [0, 0.1) is 5.92 Å². The van der Waals surface area contributed by atoms with E-state index >= 15 is 0 Å². The van der Waals surface area contributed by atoms with Gasteiger partial charge in [-0.05, 0) is 24.5 Å². The number of nitrogens with zero attached hydrogens (tertiary/aromatic N) is 2. The number of benzene rings is 1. The number of likely N-dealkylation sites (N-methyl/N-ethyl adjacent to an activating group) is 1. The Morgan fingerprint density at radius 2 is 2.11 bits per heavy atom. The molecule has 1 unspecified atom stereocenters. The lowest BCUT2D eigenvalue weighted by atomic mass is 10.1. The SMILES string of the molecule is CC(C)CCN(C)c1ccc2c(c1)N(C)C(=O)C2N. The molecule has 1 heterocycles. The summed E-state index contributed by atoms with van der Waals surface area (Å²) in [5, 5.41) is 0. The van der Waals surface area contributed by atoms with Crippen LogP contribution in [0.2, 0.25) is 0 Å². The van der Waals surface area contributed by atoms with E-state index in [1.807, 2.05) is 12.1 Å². The van der Waals surface area contributed by atoms with Crippen molar-refractivity contribution in [3.63, 3.8) is 0 Å². The highest BCUT2D eigenvalue weighted by Crippen LogP contribution is 2.36. The summed E-state index contributed by atoms with van der Waals surface area (Å²) in [6.45, 7) is 5.46. The van der Waals surface area contributed by atoms with Gasteiger partial charge in [-0.25, -0.2) is 0 Å². The minimum atomic E-state index is -0.505. The van der Waals surface area contributed by atoms with E-state index in [1.165, 1.54) is 0 Å². The van der Waals surface area contributed by atoms with E-state index in [0.717, 1.165) is 29.9 Å². The number of carbonyl (C=O) groups is 1. The molecule has 0 aliphatic carbocycles. The van der Waals surface area contributed by atoms with Gasteiger partial charge < -0.3 is 15.5 Å². The van der Waals surface area contributed by atoms with Crippen LogP contribution in [-0.2, 0) is 4.79 Å². The zero-order valence-corrected chi connectivity index (χ0v) is 12.2. The molecule has 0 radical (unpaired) electrons. The van der Waals surface area contributed by atoms with Crippen LogP contribution in [0.3, 0.4) is 0 Å².